The molecule has 0 aliphatic heterocycles. The molecule has 0 aliphatic rings. The van der Waals surface area contributed by atoms with Crippen molar-refractivity contribution in [1.82, 2.24) is 9.55 Å². The Morgan fingerprint density at radius 3 is 2.86 bits per heavy atom. The van der Waals surface area contributed by atoms with E-state index in [1.54, 1.807) is 0 Å². The molecule has 14 heavy (non-hydrogen) atoms. The minimum Gasteiger partial charge on any atom is -0.337 e. The molecule has 0 spiro atoms. The highest BCUT2D eigenvalue weighted by atomic mass is 15.0. The van der Waals surface area contributed by atoms with Gasteiger partial charge in [-0.3, -0.25) is 0 Å². The van der Waals surface area contributed by atoms with Crippen LogP contribution in [0.1, 0.15) is 12.5 Å². The van der Waals surface area contributed by atoms with Crippen LogP contribution in [0.15, 0.2) is 36.8 Å². The van der Waals surface area contributed by atoms with Crippen LogP contribution in [0, 0.1) is 6.92 Å². The molecule has 2 heteroatoms. The monoisotopic (exact) mass is 186 g/mol. The molecular weight excluding hydrogens is 172 g/mol. The highest BCUT2D eigenvalue weighted by molar-refractivity contribution is 5.58. The average molecular weight is 186 g/mol. The van der Waals surface area contributed by atoms with Crippen LogP contribution in [0.3, 0.4) is 0 Å². The van der Waals surface area contributed by atoms with Crippen LogP contribution >= 0.6 is 0 Å². The Balaban J connectivity index is 2.39. The van der Waals surface area contributed by atoms with Gasteiger partial charge in [0, 0.05) is 18.3 Å². The van der Waals surface area contributed by atoms with Gasteiger partial charge in [-0.15, -0.1) is 0 Å². The first kappa shape index (κ1) is 9.00. The lowest BCUT2D eigenvalue weighted by atomic mass is 10.1. The minimum atomic E-state index is 0.971. The smallest absolute Gasteiger partial charge is 0.0953 e. The van der Waals surface area contributed by atoms with E-state index < -0.39 is 0 Å². The summed E-state index contributed by atoms with van der Waals surface area (Å²) >= 11 is 0. The molecule has 0 bridgehead atoms. The molecule has 1 heterocycles. The van der Waals surface area contributed by atoms with Gasteiger partial charge in [0.15, 0.2) is 0 Å². The second kappa shape index (κ2) is 3.66. The van der Waals surface area contributed by atoms with E-state index in [-0.39, 0.29) is 0 Å². The van der Waals surface area contributed by atoms with E-state index in [0.717, 1.165) is 12.2 Å². The number of aromatic nitrogens is 2. The molecule has 0 unspecified atom stereocenters. The maximum atomic E-state index is 4.36. The van der Waals surface area contributed by atoms with Crippen LogP contribution in [-0.2, 0) is 6.54 Å². The van der Waals surface area contributed by atoms with Gasteiger partial charge in [0.2, 0.25) is 0 Å². The SMILES string of the molecule is CCn1cnc(-c2cccc(C)c2)c1. The van der Waals surface area contributed by atoms with Gasteiger partial charge in [0.25, 0.3) is 0 Å². The second-order valence-corrected chi connectivity index (χ2v) is 3.46. The molecule has 2 rings (SSSR count). The molecule has 2 aromatic rings. The standard InChI is InChI=1S/C12H14N2/c1-3-14-8-12(13-9-14)11-6-4-5-10(2)7-11/h4-9H,3H2,1-2H3. The summed E-state index contributed by atoms with van der Waals surface area (Å²) in [5.74, 6) is 0. The predicted octanol–water partition coefficient (Wildman–Crippen LogP) is 2.88. The Bertz CT molecular complexity index is 429. The van der Waals surface area contributed by atoms with Crippen LogP contribution in [0.25, 0.3) is 11.3 Å². The molecule has 0 amide bonds. The highest BCUT2D eigenvalue weighted by Crippen LogP contribution is 2.17. The first-order valence-electron chi connectivity index (χ1n) is 4.88. The number of nitrogens with zero attached hydrogens (tertiary/aromatic N) is 2. The average Bonchev–Trinajstić information content (AvgIpc) is 2.66. The molecule has 1 aromatic heterocycles. The summed E-state index contributed by atoms with van der Waals surface area (Å²) in [4.78, 5) is 4.36. The Hall–Kier alpha value is -1.57. The number of hydrogen-bond acceptors (Lipinski definition) is 1. The third-order valence-corrected chi connectivity index (χ3v) is 2.31. The van der Waals surface area contributed by atoms with Gasteiger partial charge in [0.1, 0.15) is 0 Å². The van der Waals surface area contributed by atoms with Crippen LogP contribution < -0.4 is 0 Å². The van der Waals surface area contributed by atoms with Gasteiger partial charge in [0.05, 0.1) is 12.0 Å². The zero-order chi connectivity index (χ0) is 9.97. The van der Waals surface area contributed by atoms with Crippen LogP contribution in [0.2, 0.25) is 0 Å². The topological polar surface area (TPSA) is 17.8 Å². The lowest BCUT2D eigenvalue weighted by molar-refractivity contribution is 0.762. The summed E-state index contributed by atoms with van der Waals surface area (Å²) in [6, 6.07) is 8.41. The van der Waals surface area contributed by atoms with Crippen molar-refractivity contribution < 1.29 is 0 Å². The number of rotatable bonds is 2. The molecular formula is C12H14N2. The normalized spacial score (nSPS) is 10.4. The van der Waals surface area contributed by atoms with Gasteiger partial charge < -0.3 is 4.57 Å². The fraction of sp³-hybridized carbons (Fsp3) is 0.250. The first-order valence-corrected chi connectivity index (χ1v) is 4.88. The number of aryl methyl sites for hydroxylation is 2. The fourth-order valence-electron chi connectivity index (χ4n) is 1.49. The molecule has 0 radical (unpaired) electrons. The van der Waals surface area contributed by atoms with Crippen LogP contribution in [-0.4, -0.2) is 9.55 Å². The molecule has 0 saturated carbocycles. The van der Waals surface area contributed by atoms with Crippen molar-refractivity contribution >= 4 is 0 Å². The Kier molecular flexibility index (Phi) is 2.35. The summed E-state index contributed by atoms with van der Waals surface area (Å²) in [5, 5.41) is 0. The van der Waals surface area contributed by atoms with Crippen molar-refractivity contribution in [2.75, 3.05) is 0 Å². The molecule has 0 atom stereocenters. The Morgan fingerprint density at radius 2 is 2.21 bits per heavy atom. The minimum absolute atomic E-state index is 0.971. The summed E-state index contributed by atoms with van der Waals surface area (Å²) < 4.78 is 2.08. The maximum absolute atomic E-state index is 4.36. The maximum Gasteiger partial charge on any atom is 0.0953 e. The predicted molar refractivity (Wildman–Crippen MR) is 58.1 cm³/mol. The third kappa shape index (κ3) is 1.69. The highest BCUT2D eigenvalue weighted by Gasteiger charge is 2.00. The van der Waals surface area contributed by atoms with Crippen molar-refractivity contribution in [3.05, 3.63) is 42.4 Å². The quantitative estimate of drug-likeness (QED) is 0.705. The second-order valence-electron chi connectivity index (χ2n) is 3.46. The van der Waals surface area contributed by atoms with Crippen LogP contribution in [0.4, 0.5) is 0 Å². The van der Waals surface area contributed by atoms with Crippen molar-refractivity contribution in [3.8, 4) is 11.3 Å². The van der Waals surface area contributed by atoms with Crippen molar-refractivity contribution in [2.24, 2.45) is 0 Å². The van der Waals surface area contributed by atoms with E-state index in [0.29, 0.717) is 0 Å². The van der Waals surface area contributed by atoms with Crippen molar-refractivity contribution in [3.63, 3.8) is 0 Å². The van der Waals surface area contributed by atoms with Crippen molar-refractivity contribution in [2.45, 2.75) is 20.4 Å². The third-order valence-electron chi connectivity index (χ3n) is 2.31. The van der Waals surface area contributed by atoms with E-state index in [4.69, 9.17) is 0 Å². The van der Waals surface area contributed by atoms with E-state index in [2.05, 4.69) is 53.9 Å². The molecule has 0 aliphatic carbocycles. The number of benzene rings is 1. The van der Waals surface area contributed by atoms with Gasteiger partial charge in [-0.25, -0.2) is 4.98 Å². The van der Waals surface area contributed by atoms with E-state index in [1.807, 2.05) is 6.33 Å². The number of hydrogen-bond donors (Lipinski definition) is 0. The van der Waals surface area contributed by atoms with E-state index in [1.165, 1.54) is 11.1 Å². The van der Waals surface area contributed by atoms with Gasteiger partial charge >= 0.3 is 0 Å². The lowest BCUT2D eigenvalue weighted by Crippen LogP contribution is -1.86. The molecule has 2 nitrogen and oxygen atoms in total. The van der Waals surface area contributed by atoms with E-state index >= 15 is 0 Å². The van der Waals surface area contributed by atoms with Gasteiger partial charge in [-0.1, -0.05) is 23.8 Å². The summed E-state index contributed by atoms with van der Waals surface area (Å²) in [6.07, 6.45) is 3.95. The Morgan fingerprint density at radius 1 is 1.36 bits per heavy atom. The lowest BCUT2D eigenvalue weighted by Gasteiger charge is -1.97. The largest absolute Gasteiger partial charge is 0.337 e. The zero-order valence-corrected chi connectivity index (χ0v) is 8.57. The molecule has 0 fully saturated rings. The molecule has 0 saturated heterocycles. The fourth-order valence-corrected chi connectivity index (χ4v) is 1.49. The summed E-state index contributed by atoms with van der Waals surface area (Å²) in [6.45, 7) is 5.18. The van der Waals surface area contributed by atoms with Gasteiger partial charge in [-0.05, 0) is 19.9 Å². The molecule has 1 aromatic carbocycles. The summed E-state index contributed by atoms with van der Waals surface area (Å²) in [7, 11) is 0. The molecule has 72 valence electrons. The number of imidazole rings is 1. The first-order chi connectivity index (χ1) is 6.79. The van der Waals surface area contributed by atoms with Gasteiger partial charge in [-0.2, -0.15) is 0 Å². The zero-order valence-electron chi connectivity index (χ0n) is 8.57. The molecule has 0 N–H and O–H groups in total. The van der Waals surface area contributed by atoms with Crippen LogP contribution in [0.5, 0.6) is 0 Å². The van der Waals surface area contributed by atoms with E-state index in [9.17, 15) is 0 Å². The van der Waals surface area contributed by atoms with Crippen molar-refractivity contribution in [1.29, 1.82) is 0 Å². The summed E-state index contributed by atoms with van der Waals surface area (Å²) in [5.41, 5.74) is 3.52. The Labute approximate surface area is 84.2 Å².